The fourth-order valence-corrected chi connectivity index (χ4v) is 2.80. The van der Waals surface area contributed by atoms with Gasteiger partial charge in [-0.1, -0.05) is 32.9 Å². The lowest BCUT2D eigenvalue weighted by Gasteiger charge is -2.25. The van der Waals surface area contributed by atoms with Crippen molar-refractivity contribution >= 4 is 18.0 Å². The van der Waals surface area contributed by atoms with Gasteiger partial charge in [0.15, 0.2) is 0 Å². The van der Waals surface area contributed by atoms with Gasteiger partial charge in [-0.25, -0.2) is 14.5 Å². The maximum atomic E-state index is 12.7. The monoisotopic (exact) mass is 333 g/mol. The molecular weight excluding hydrogens is 310 g/mol. The molecule has 0 aromatic heterocycles. The summed E-state index contributed by atoms with van der Waals surface area (Å²) < 4.78 is 9.74. The van der Waals surface area contributed by atoms with E-state index in [0.29, 0.717) is 12.0 Å². The second-order valence-electron chi connectivity index (χ2n) is 6.39. The van der Waals surface area contributed by atoms with Gasteiger partial charge >= 0.3 is 12.1 Å². The molecule has 1 saturated heterocycles. The van der Waals surface area contributed by atoms with Crippen LogP contribution in [0.1, 0.15) is 36.7 Å². The Morgan fingerprint density at radius 2 is 2.04 bits per heavy atom. The molecule has 1 aliphatic heterocycles. The molecular formula is C18H23NO5. The first kappa shape index (κ1) is 18.0. The van der Waals surface area contributed by atoms with E-state index in [0.717, 1.165) is 5.56 Å². The molecule has 2 amide bonds. The molecule has 2 atom stereocenters. The van der Waals surface area contributed by atoms with E-state index in [-0.39, 0.29) is 24.5 Å². The number of amides is 2. The van der Waals surface area contributed by atoms with Gasteiger partial charge in [0, 0.05) is 5.92 Å². The molecule has 130 valence electrons. The number of ether oxygens (including phenoxy) is 2. The van der Waals surface area contributed by atoms with Crippen LogP contribution in [0.4, 0.5) is 4.79 Å². The van der Waals surface area contributed by atoms with Crippen LogP contribution in [0.3, 0.4) is 0 Å². The molecule has 0 bridgehead atoms. The number of imide groups is 1. The lowest BCUT2D eigenvalue weighted by atomic mass is 9.96. The predicted octanol–water partition coefficient (Wildman–Crippen LogP) is 2.66. The maximum Gasteiger partial charge on any atom is 0.416 e. The Labute approximate surface area is 141 Å². The third-order valence-electron chi connectivity index (χ3n) is 4.22. The first-order chi connectivity index (χ1) is 11.3. The van der Waals surface area contributed by atoms with Gasteiger partial charge in [0.1, 0.15) is 6.61 Å². The first-order valence-electron chi connectivity index (χ1n) is 8.02. The molecule has 0 N–H and O–H groups in total. The molecule has 1 aliphatic rings. The summed E-state index contributed by atoms with van der Waals surface area (Å²) in [5.41, 5.74) is 1.28. The molecule has 0 spiro atoms. The second kappa shape index (κ2) is 7.47. The lowest BCUT2D eigenvalue weighted by molar-refractivity contribution is -0.133. The number of hydrogen-bond acceptors (Lipinski definition) is 5. The molecule has 1 unspecified atom stereocenters. The fourth-order valence-electron chi connectivity index (χ4n) is 2.80. The summed E-state index contributed by atoms with van der Waals surface area (Å²) in [7, 11) is 1.33. The summed E-state index contributed by atoms with van der Waals surface area (Å²) in [4.78, 5) is 37.4. The summed E-state index contributed by atoms with van der Waals surface area (Å²) in [5, 5.41) is 0. The highest BCUT2D eigenvalue weighted by atomic mass is 16.6. The van der Waals surface area contributed by atoms with Crippen LogP contribution in [0, 0.1) is 11.8 Å². The largest absolute Gasteiger partial charge is 0.465 e. The van der Waals surface area contributed by atoms with E-state index in [9.17, 15) is 14.4 Å². The van der Waals surface area contributed by atoms with E-state index in [1.54, 1.807) is 25.1 Å². The average Bonchev–Trinajstić information content (AvgIpc) is 2.95. The summed E-state index contributed by atoms with van der Waals surface area (Å²) in [5.74, 6) is -0.932. The summed E-state index contributed by atoms with van der Waals surface area (Å²) in [6.07, 6.45) is -0.146. The van der Waals surface area contributed by atoms with Gasteiger partial charge in [0.25, 0.3) is 0 Å². The molecule has 1 heterocycles. The van der Waals surface area contributed by atoms with Crippen LogP contribution in [0.25, 0.3) is 0 Å². The molecule has 0 aliphatic carbocycles. The van der Waals surface area contributed by atoms with Crippen molar-refractivity contribution in [3.8, 4) is 0 Å². The van der Waals surface area contributed by atoms with Crippen LogP contribution in [0.2, 0.25) is 0 Å². The molecule has 1 aromatic carbocycles. The minimum atomic E-state index is -0.575. The van der Waals surface area contributed by atoms with E-state index < -0.39 is 18.0 Å². The summed E-state index contributed by atoms with van der Waals surface area (Å²) >= 11 is 0. The van der Waals surface area contributed by atoms with Crippen molar-refractivity contribution in [3.63, 3.8) is 0 Å². The highest BCUT2D eigenvalue weighted by Crippen LogP contribution is 2.23. The Kier molecular flexibility index (Phi) is 5.59. The average molecular weight is 333 g/mol. The van der Waals surface area contributed by atoms with E-state index in [1.165, 1.54) is 12.0 Å². The number of carbonyl (C=O) groups is 3. The highest BCUT2D eigenvalue weighted by molar-refractivity contribution is 5.95. The standard InChI is InChI=1S/C18H23NO5/c1-11(2)15-10-24-18(22)19(15)16(20)12(3)8-13-6-5-7-14(9-13)17(21)23-4/h5-7,9,11-12,15H,8,10H2,1-4H3/t12?,15-/m0/s1. The van der Waals surface area contributed by atoms with Crippen LogP contribution < -0.4 is 0 Å². The number of hydrogen-bond donors (Lipinski definition) is 0. The molecule has 6 nitrogen and oxygen atoms in total. The van der Waals surface area contributed by atoms with Gasteiger partial charge in [-0.05, 0) is 30.0 Å². The lowest BCUT2D eigenvalue weighted by Crippen LogP contribution is -2.44. The highest BCUT2D eigenvalue weighted by Gasteiger charge is 2.41. The third-order valence-corrected chi connectivity index (χ3v) is 4.22. The van der Waals surface area contributed by atoms with Crippen molar-refractivity contribution in [1.82, 2.24) is 4.90 Å². The smallest absolute Gasteiger partial charge is 0.416 e. The minimum Gasteiger partial charge on any atom is -0.465 e. The van der Waals surface area contributed by atoms with E-state index in [2.05, 4.69) is 0 Å². The third kappa shape index (κ3) is 3.75. The number of rotatable bonds is 5. The van der Waals surface area contributed by atoms with Gasteiger partial charge in [-0.3, -0.25) is 4.79 Å². The van der Waals surface area contributed by atoms with Crippen LogP contribution in [0.15, 0.2) is 24.3 Å². The van der Waals surface area contributed by atoms with Crippen LogP contribution in [0.5, 0.6) is 0 Å². The van der Waals surface area contributed by atoms with E-state index in [1.807, 2.05) is 19.9 Å². The van der Waals surface area contributed by atoms with Gasteiger partial charge < -0.3 is 9.47 Å². The molecule has 6 heteroatoms. The number of carbonyl (C=O) groups excluding carboxylic acids is 3. The van der Waals surface area contributed by atoms with Crippen molar-refractivity contribution < 1.29 is 23.9 Å². The molecule has 24 heavy (non-hydrogen) atoms. The Hall–Kier alpha value is -2.37. The van der Waals surface area contributed by atoms with E-state index >= 15 is 0 Å². The Bertz CT molecular complexity index is 640. The maximum absolute atomic E-state index is 12.7. The van der Waals surface area contributed by atoms with Crippen molar-refractivity contribution in [1.29, 1.82) is 0 Å². The fraction of sp³-hybridized carbons (Fsp3) is 0.500. The topological polar surface area (TPSA) is 72.9 Å². The molecule has 0 saturated carbocycles. The zero-order valence-corrected chi connectivity index (χ0v) is 14.4. The van der Waals surface area contributed by atoms with Crippen molar-refractivity contribution in [2.24, 2.45) is 11.8 Å². The number of methoxy groups -OCH3 is 1. The van der Waals surface area contributed by atoms with Crippen molar-refractivity contribution in [2.75, 3.05) is 13.7 Å². The molecule has 2 rings (SSSR count). The molecule has 0 radical (unpaired) electrons. The van der Waals surface area contributed by atoms with Gasteiger partial charge in [-0.2, -0.15) is 0 Å². The van der Waals surface area contributed by atoms with Crippen molar-refractivity contribution in [3.05, 3.63) is 35.4 Å². The SMILES string of the molecule is COC(=O)c1cccc(CC(C)C(=O)N2C(=O)OC[C@H]2C(C)C)c1. The normalized spacial score (nSPS) is 18.5. The Morgan fingerprint density at radius 1 is 1.33 bits per heavy atom. The zero-order chi connectivity index (χ0) is 17.9. The van der Waals surface area contributed by atoms with Gasteiger partial charge in [-0.15, -0.1) is 0 Å². The van der Waals surface area contributed by atoms with Gasteiger partial charge in [0.2, 0.25) is 5.91 Å². The van der Waals surface area contributed by atoms with Crippen LogP contribution >= 0.6 is 0 Å². The first-order valence-corrected chi connectivity index (χ1v) is 8.02. The Balaban J connectivity index is 2.11. The summed E-state index contributed by atoms with van der Waals surface area (Å²) in [6, 6.07) is 6.73. The number of esters is 1. The number of cyclic esters (lactones) is 1. The van der Waals surface area contributed by atoms with Crippen LogP contribution in [-0.4, -0.2) is 42.6 Å². The Morgan fingerprint density at radius 3 is 2.67 bits per heavy atom. The molecule has 1 aromatic rings. The van der Waals surface area contributed by atoms with Crippen molar-refractivity contribution in [2.45, 2.75) is 33.2 Å². The number of benzene rings is 1. The number of nitrogens with zero attached hydrogens (tertiary/aromatic N) is 1. The quantitative estimate of drug-likeness (QED) is 0.775. The second-order valence-corrected chi connectivity index (χ2v) is 6.39. The minimum absolute atomic E-state index is 0.134. The van der Waals surface area contributed by atoms with Gasteiger partial charge in [0.05, 0.1) is 18.7 Å². The van der Waals surface area contributed by atoms with Crippen LogP contribution in [-0.2, 0) is 20.7 Å². The predicted molar refractivity (Wildman–Crippen MR) is 87.5 cm³/mol. The molecule has 1 fully saturated rings. The van der Waals surface area contributed by atoms with E-state index in [4.69, 9.17) is 9.47 Å². The summed E-state index contributed by atoms with van der Waals surface area (Å²) in [6.45, 7) is 5.93. The zero-order valence-electron chi connectivity index (χ0n) is 14.4.